The third kappa shape index (κ3) is 3.55. The highest BCUT2D eigenvalue weighted by molar-refractivity contribution is 5.93. The Morgan fingerprint density at radius 2 is 2.12 bits per heavy atom. The van der Waals surface area contributed by atoms with Gasteiger partial charge in [0.25, 0.3) is 0 Å². The Balaban J connectivity index is 2.49. The summed E-state index contributed by atoms with van der Waals surface area (Å²) in [5.74, 6) is 0.328. The van der Waals surface area contributed by atoms with E-state index in [1.54, 1.807) is 10.7 Å². The predicted molar refractivity (Wildman–Crippen MR) is 87.8 cm³/mol. The molecule has 0 saturated carbocycles. The summed E-state index contributed by atoms with van der Waals surface area (Å²) in [6.45, 7) is 4.29. The van der Waals surface area contributed by atoms with E-state index >= 15 is 0 Å². The Morgan fingerprint density at radius 1 is 1.38 bits per heavy atom. The number of aryl methyl sites for hydroxylation is 1. The van der Waals surface area contributed by atoms with Crippen LogP contribution in [0, 0.1) is 11.3 Å². The van der Waals surface area contributed by atoms with Crippen LogP contribution in [0.4, 0.5) is 0 Å². The third-order valence-electron chi connectivity index (χ3n) is 3.60. The molecule has 1 aromatic heterocycles. The number of hydrogen-bond donors (Lipinski definition) is 2. The number of aliphatic hydroxyl groups is 1. The number of carbonyl (C=O) groups is 1. The minimum absolute atomic E-state index is 0.0208. The Hall–Kier alpha value is -2.85. The molecule has 2 aromatic rings. The van der Waals surface area contributed by atoms with Crippen LogP contribution in [0.2, 0.25) is 0 Å². The van der Waals surface area contributed by atoms with E-state index in [0.29, 0.717) is 36.4 Å². The number of aliphatic hydroxyl groups excluding tert-OH is 1. The van der Waals surface area contributed by atoms with Crippen LogP contribution in [0.25, 0.3) is 0 Å². The summed E-state index contributed by atoms with van der Waals surface area (Å²) in [4.78, 5) is 11.4. The maximum Gasteiger partial charge on any atom is 0.248 e. The van der Waals surface area contributed by atoms with Gasteiger partial charge in [0.2, 0.25) is 5.91 Å². The Morgan fingerprint density at radius 3 is 2.67 bits per heavy atom. The molecule has 0 atom stereocenters. The van der Waals surface area contributed by atoms with E-state index in [1.165, 1.54) is 12.1 Å². The molecule has 0 radical (unpaired) electrons. The summed E-state index contributed by atoms with van der Waals surface area (Å²) >= 11 is 0. The molecule has 0 aliphatic rings. The summed E-state index contributed by atoms with van der Waals surface area (Å²) in [6.07, 6.45) is 1.32. The Bertz CT molecular complexity index is 790. The van der Waals surface area contributed by atoms with E-state index in [9.17, 15) is 9.90 Å². The van der Waals surface area contributed by atoms with Crippen LogP contribution in [0.5, 0.6) is 11.5 Å². The number of carbonyl (C=O) groups excluding carboxylic acids is 1. The topological polar surface area (TPSA) is 114 Å². The number of primary amides is 1. The molecular weight excluding hydrogens is 308 g/mol. The molecule has 3 N–H and O–H groups in total. The van der Waals surface area contributed by atoms with Gasteiger partial charge in [-0.3, -0.25) is 9.48 Å². The second-order valence-electron chi connectivity index (χ2n) is 5.20. The number of nitriles is 1. The van der Waals surface area contributed by atoms with E-state index in [2.05, 4.69) is 5.10 Å². The van der Waals surface area contributed by atoms with Crippen molar-refractivity contribution in [1.82, 2.24) is 9.78 Å². The van der Waals surface area contributed by atoms with Crippen LogP contribution in [-0.2, 0) is 19.4 Å². The summed E-state index contributed by atoms with van der Waals surface area (Å²) in [7, 11) is 0. The molecule has 1 heterocycles. The van der Waals surface area contributed by atoms with Crippen molar-refractivity contribution in [2.75, 3.05) is 6.61 Å². The summed E-state index contributed by atoms with van der Waals surface area (Å²) < 4.78 is 7.68. The number of ether oxygens (including phenoxy) is 1. The van der Waals surface area contributed by atoms with Crippen molar-refractivity contribution in [3.8, 4) is 17.6 Å². The monoisotopic (exact) mass is 328 g/mol. The van der Waals surface area contributed by atoms with Crippen LogP contribution in [0.15, 0.2) is 18.2 Å². The Labute approximate surface area is 140 Å². The molecule has 7 nitrogen and oxygen atoms in total. The summed E-state index contributed by atoms with van der Waals surface area (Å²) in [6, 6.07) is 6.47. The minimum atomic E-state index is -0.626. The molecule has 1 aromatic carbocycles. The van der Waals surface area contributed by atoms with Crippen molar-refractivity contribution in [2.45, 2.75) is 33.2 Å². The first-order valence-electron chi connectivity index (χ1n) is 7.76. The van der Waals surface area contributed by atoms with E-state index in [-0.39, 0.29) is 12.2 Å². The predicted octanol–water partition coefficient (Wildman–Crippen LogP) is 1.76. The van der Waals surface area contributed by atoms with Crippen molar-refractivity contribution < 1.29 is 14.6 Å². The number of hydrogen-bond acceptors (Lipinski definition) is 5. The van der Waals surface area contributed by atoms with Crippen LogP contribution in [-0.4, -0.2) is 27.4 Å². The molecule has 0 fully saturated rings. The largest absolute Gasteiger partial charge is 0.453 e. The number of nitrogens with zero attached hydrogens (tertiary/aromatic N) is 3. The van der Waals surface area contributed by atoms with E-state index < -0.39 is 5.91 Å². The fourth-order valence-electron chi connectivity index (χ4n) is 2.49. The van der Waals surface area contributed by atoms with Crippen LogP contribution >= 0.6 is 0 Å². The lowest BCUT2D eigenvalue weighted by Crippen LogP contribution is -2.11. The molecule has 0 spiro atoms. The lowest BCUT2D eigenvalue weighted by Gasteiger charge is -2.10. The lowest BCUT2D eigenvalue weighted by atomic mass is 10.1. The molecule has 0 aliphatic carbocycles. The number of rotatable bonds is 7. The zero-order valence-electron chi connectivity index (χ0n) is 13.7. The molecule has 24 heavy (non-hydrogen) atoms. The fourth-order valence-corrected chi connectivity index (χ4v) is 2.49. The van der Waals surface area contributed by atoms with Gasteiger partial charge < -0.3 is 15.6 Å². The first-order valence-corrected chi connectivity index (χ1v) is 7.76. The summed E-state index contributed by atoms with van der Waals surface area (Å²) in [5, 5.41) is 22.7. The van der Waals surface area contributed by atoms with Crippen molar-refractivity contribution in [1.29, 1.82) is 5.26 Å². The standard InChI is InChI=1S/C17H20N4O3/c1-3-14-16(15(4-2)21(20-14)5-6-22)24-13-8-11(10-18)7-12(9-13)17(19)23/h7-9,22H,3-6H2,1-2H3,(H2,19,23). The lowest BCUT2D eigenvalue weighted by molar-refractivity contribution is 0.1000. The van der Waals surface area contributed by atoms with Gasteiger partial charge in [0.15, 0.2) is 5.75 Å². The van der Waals surface area contributed by atoms with Crippen molar-refractivity contribution in [3.05, 3.63) is 40.7 Å². The fraction of sp³-hybridized carbons (Fsp3) is 0.353. The van der Waals surface area contributed by atoms with Gasteiger partial charge in [0.05, 0.1) is 30.5 Å². The van der Waals surface area contributed by atoms with Gasteiger partial charge >= 0.3 is 0 Å². The van der Waals surface area contributed by atoms with Gasteiger partial charge in [-0.05, 0) is 31.0 Å². The van der Waals surface area contributed by atoms with E-state index in [4.69, 9.17) is 15.7 Å². The highest BCUT2D eigenvalue weighted by Gasteiger charge is 2.18. The van der Waals surface area contributed by atoms with Crippen molar-refractivity contribution >= 4 is 5.91 Å². The van der Waals surface area contributed by atoms with Gasteiger partial charge in [-0.2, -0.15) is 10.4 Å². The molecule has 0 bridgehead atoms. The minimum Gasteiger partial charge on any atom is -0.453 e. The zero-order valence-corrected chi connectivity index (χ0v) is 13.7. The van der Waals surface area contributed by atoms with Gasteiger partial charge in [-0.25, -0.2) is 0 Å². The first-order chi connectivity index (χ1) is 11.5. The SMILES string of the molecule is CCc1nn(CCO)c(CC)c1Oc1cc(C#N)cc(C(N)=O)c1. The van der Waals surface area contributed by atoms with E-state index in [0.717, 1.165) is 11.4 Å². The number of amides is 1. The summed E-state index contributed by atoms with van der Waals surface area (Å²) in [5.41, 5.74) is 7.41. The van der Waals surface area contributed by atoms with Gasteiger partial charge in [-0.1, -0.05) is 13.8 Å². The smallest absolute Gasteiger partial charge is 0.248 e. The Kier molecular flexibility index (Phi) is 5.55. The molecular formula is C17H20N4O3. The highest BCUT2D eigenvalue weighted by Crippen LogP contribution is 2.31. The second kappa shape index (κ2) is 7.62. The second-order valence-corrected chi connectivity index (χ2v) is 5.20. The number of nitrogens with two attached hydrogens (primary N) is 1. The van der Waals surface area contributed by atoms with Crippen molar-refractivity contribution in [3.63, 3.8) is 0 Å². The van der Waals surface area contributed by atoms with Crippen molar-refractivity contribution in [2.24, 2.45) is 5.73 Å². The maximum absolute atomic E-state index is 11.4. The van der Waals surface area contributed by atoms with Gasteiger partial charge in [0.1, 0.15) is 11.4 Å². The molecule has 0 aliphatic heterocycles. The van der Waals surface area contributed by atoms with Crippen LogP contribution < -0.4 is 10.5 Å². The maximum atomic E-state index is 11.4. The first kappa shape index (κ1) is 17.5. The molecule has 1 amide bonds. The average Bonchev–Trinajstić information content (AvgIpc) is 2.91. The molecule has 2 rings (SSSR count). The van der Waals surface area contributed by atoms with Gasteiger partial charge in [-0.15, -0.1) is 0 Å². The van der Waals surface area contributed by atoms with E-state index in [1.807, 2.05) is 19.9 Å². The third-order valence-corrected chi connectivity index (χ3v) is 3.60. The normalized spacial score (nSPS) is 10.4. The average molecular weight is 328 g/mol. The molecule has 7 heteroatoms. The quantitative estimate of drug-likeness (QED) is 0.804. The number of benzene rings is 1. The molecule has 0 unspecified atom stereocenters. The highest BCUT2D eigenvalue weighted by atomic mass is 16.5. The number of aromatic nitrogens is 2. The van der Waals surface area contributed by atoms with Crippen LogP contribution in [0.1, 0.15) is 41.2 Å². The zero-order chi connectivity index (χ0) is 17.7. The molecule has 0 saturated heterocycles. The van der Waals surface area contributed by atoms with Gasteiger partial charge in [0, 0.05) is 5.56 Å². The molecule has 126 valence electrons. The van der Waals surface area contributed by atoms with Crippen LogP contribution in [0.3, 0.4) is 0 Å².